The first-order chi connectivity index (χ1) is 9.99. The fourth-order valence-electron chi connectivity index (χ4n) is 1.96. The van der Waals surface area contributed by atoms with Crippen molar-refractivity contribution in [2.75, 3.05) is 5.32 Å². The van der Waals surface area contributed by atoms with E-state index in [9.17, 15) is 4.79 Å². The van der Waals surface area contributed by atoms with Gasteiger partial charge in [-0.1, -0.05) is 53.2 Å². The van der Waals surface area contributed by atoms with Crippen LogP contribution in [-0.4, -0.2) is 5.91 Å². The molecule has 110 valence electrons. The fourth-order valence-corrected chi connectivity index (χ4v) is 3.11. The molecule has 2 unspecified atom stereocenters. The van der Waals surface area contributed by atoms with Crippen molar-refractivity contribution in [3.05, 3.63) is 63.0 Å². The molecule has 2 aromatic carbocycles. The zero-order chi connectivity index (χ0) is 15.4. The van der Waals surface area contributed by atoms with Crippen LogP contribution in [0.5, 0.6) is 0 Å². The second-order valence-electron chi connectivity index (χ2n) is 4.84. The van der Waals surface area contributed by atoms with E-state index < -0.39 is 0 Å². The smallest absolute Gasteiger partial charge is 0.229 e. The van der Waals surface area contributed by atoms with Crippen molar-refractivity contribution >= 4 is 43.5 Å². The first-order valence-electron chi connectivity index (χ1n) is 6.55. The Labute approximate surface area is 141 Å². The zero-order valence-corrected chi connectivity index (χ0v) is 14.7. The number of amides is 1. The monoisotopic (exact) mass is 410 g/mol. The van der Waals surface area contributed by atoms with Crippen LogP contribution in [0, 0.1) is 5.92 Å². The van der Waals surface area contributed by atoms with E-state index in [1.807, 2.05) is 55.5 Å². The van der Waals surface area contributed by atoms with Crippen molar-refractivity contribution in [1.29, 1.82) is 0 Å². The van der Waals surface area contributed by atoms with Gasteiger partial charge in [0.05, 0.1) is 11.6 Å². The summed E-state index contributed by atoms with van der Waals surface area (Å²) in [5.74, 6) is -0.433. The highest BCUT2D eigenvalue weighted by atomic mass is 79.9. The van der Waals surface area contributed by atoms with Gasteiger partial charge >= 0.3 is 0 Å². The second-order valence-corrected chi connectivity index (χ2v) is 6.61. The summed E-state index contributed by atoms with van der Waals surface area (Å²) in [6, 6.07) is 14.9. The topological polar surface area (TPSA) is 55.1 Å². The summed E-state index contributed by atoms with van der Waals surface area (Å²) in [6.45, 7) is 1.83. The number of rotatable bonds is 4. The average molecular weight is 412 g/mol. The number of carbonyl (C=O) groups is 1. The molecule has 0 aromatic heterocycles. The number of nitrogens with two attached hydrogens (primary N) is 1. The molecule has 3 N–H and O–H groups in total. The molecule has 0 bridgehead atoms. The Bertz CT molecular complexity index is 631. The lowest BCUT2D eigenvalue weighted by atomic mass is 9.94. The summed E-state index contributed by atoms with van der Waals surface area (Å²) in [4.78, 5) is 12.3. The summed E-state index contributed by atoms with van der Waals surface area (Å²) in [5.41, 5.74) is 7.86. The Balaban J connectivity index is 2.09. The van der Waals surface area contributed by atoms with E-state index >= 15 is 0 Å². The summed E-state index contributed by atoms with van der Waals surface area (Å²) in [5, 5.41) is 2.90. The van der Waals surface area contributed by atoms with Crippen molar-refractivity contribution < 1.29 is 4.79 Å². The van der Waals surface area contributed by atoms with E-state index in [0.29, 0.717) is 0 Å². The molecular weight excluding hydrogens is 396 g/mol. The molecule has 0 heterocycles. The molecule has 2 rings (SSSR count). The van der Waals surface area contributed by atoms with Gasteiger partial charge in [0.15, 0.2) is 0 Å². The predicted molar refractivity (Wildman–Crippen MR) is 93.0 cm³/mol. The minimum atomic E-state index is -0.333. The van der Waals surface area contributed by atoms with Crippen LogP contribution in [0.4, 0.5) is 5.69 Å². The molecule has 0 spiro atoms. The number of hydrogen-bond donors (Lipinski definition) is 2. The summed E-state index contributed by atoms with van der Waals surface area (Å²) >= 11 is 6.81. The molecule has 0 saturated carbocycles. The average Bonchev–Trinajstić information content (AvgIpc) is 2.49. The Hall–Kier alpha value is -1.17. The van der Waals surface area contributed by atoms with Gasteiger partial charge in [0.1, 0.15) is 0 Å². The van der Waals surface area contributed by atoms with Crippen molar-refractivity contribution in [2.24, 2.45) is 11.7 Å². The Kier molecular flexibility index (Phi) is 5.56. The van der Waals surface area contributed by atoms with Crippen LogP contribution in [0.3, 0.4) is 0 Å². The predicted octanol–water partition coefficient (Wildman–Crippen LogP) is 4.49. The van der Waals surface area contributed by atoms with Gasteiger partial charge in [-0.2, -0.15) is 0 Å². The van der Waals surface area contributed by atoms with Crippen LogP contribution in [0.25, 0.3) is 0 Å². The molecule has 2 aromatic rings. The van der Waals surface area contributed by atoms with Crippen molar-refractivity contribution in [3.8, 4) is 0 Å². The molecule has 5 heteroatoms. The SMILES string of the molecule is CC(C(=O)Nc1ccc(Br)cc1Br)C(N)c1ccccc1. The highest BCUT2D eigenvalue weighted by Gasteiger charge is 2.22. The lowest BCUT2D eigenvalue weighted by Gasteiger charge is -2.20. The summed E-state index contributed by atoms with van der Waals surface area (Å²) in [7, 11) is 0. The quantitative estimate of drug-likeness (QED) is 0.778. The first kappa shape index (κ1) is 16.2. The molecule has 21 heavy (non-hydrogen) atoms. The number of halogens is 2. The number of anilines is 1. The third kappa shape index (κ3) is 4.15. The molecule has 0 aliphatic rings. The lowest BCUT2D eigenvalue weighted by molar-refractivity contribution is -0.120. The van der Waals surface area contributed by atoms with Crippen LogP contribution in [-0.2, 0) is 4.79 Å². The highest BCUT2D eigenvalue weighted by molar-refractivity contribution is 9.11. The van der Waals surface area contributed by atoms with Crippen LogP contribution < -0.4 is 11.1 Å². The maximum absolute atomic E-state index is 12.3. The van der Waals surface area contributed by atoms with Gasteiger partial charge in [-0.3, -0.25) is 4.79 Å². The number of benzene rings is 2. The summed E-state index contributed by atoms with van der Waals surface area (Å²) in [6.07, 6.45) is 0. The summed E-state index contributed by atoms with van der Waals surface area (Å²) < 4.78 is 1.77. The van der Waals surface area contributed by atoms with Gasteiger partial charge in [-0.05, 0) is 39.7 Å². The van der Waals surface area contributed by atoms with Gasteiger partial charge in [-0.25, -0.2) is 0 Å². The number of nitrogens with one attached hydrogen (secondary N) is 1. The van der Waals surface area contributed by atoms with E-state index in [-0.39, 0.29) is 17.9 Å². The largest absolute Gasteiger partial charge is 0.325 e. The fraction of sp³-hybridized carbons (Fsp3) is 0.188. The van der Waals surface area contributed by atoms with Gasteiger partial charge in [0.25, 0.3) is 0 Å². The molecule has 3 nitrogen and oxygen atoms in total. The van der Waals surface area contributed by atoms with Gasteiger partial charge in [0, 0.05) is 15.0 Å². The standard InChI is InChI=1S/C16H16Br2N2O/c1-10(15(19)11-5-3-2-4-6-11)16(21)20-14-8-7-12(17)9-13(14)18/h2-10,15H,19H2,1H3,(H,20,21). The molecule has 1 amide bonds. The van der Waals surface area contributed by atoms with E-state index in [1.165, 1.54) is 0 Å². The zero-order valence-electron chi connectivity index (χ0n) is 11.5. The van der Waals surface area contributed by atoms with Crippen molar-refractivity contribution in [3.63, 3.8) is 0 Å². The molecule has 0 fully saturated rings. The lowest BCUT2D eigenvalue weighted by Crippen LogP contribution is -2.30. The molecule has 0 aliphatic carbocycles. The minimum Gasteiger partial charge on any atom is -0.325 e. The van der Waals surface area contributed by atoms with Gasteiger partial charge < -0.3 is 11.1 Å². The van der Waals surface area contributed by atoms with Crippen molar-refractivity contribution in [2.45, 2.75) is 13.0 Å². The van der Waals surface area contributed by atoms with Crippen LogP contribution in [0.15, 0.2) is 57.5 Å². The molecule has 0 radical (unpaired) electrons. The third-order valence-corrected chi connectivity index (χ3v) is 4.48. The second kappa shape index (κ2) is 7.20. The van der Waals surface area contributed by atoms with E-state index in [4.69, 9.17) is 5.73 Å². The van der Waals surface area contributed by atoms with Crippen LogP contribution in [0.2, 0.25) is 0 Å². The van der Waals surface area contributed by atoms with Crippen LogP contribution in [0.1, 0.15) is 18.5 Å². The Morgan fingerprint density at radius 3 is 2.43 bits per heavy atom. The van der Waals surface area contributed by atoms with E-state index in [1.54, 1.807) is 0 Å². The Morgan fingerprint density at radius 2 is 1.81 bits per heavy atom. The normalized spacial score (nSPS) is 13.5. The molecule has 2 atom stereocenters. The first-order valence-corrected chi connectivity index (χ1v) is 8.14. The molecular formula is C16H16Br2N2O. The Morgan fingerprint density at radius 1 is 1.14 bits per heavy atom. The van der Waals surface area contributed by atoms with Crippen molar-refractivity contribution in [1.82, 2.24) is 0 Å². The highest BCUT2D eigenvalue weighted by Crippen LogP contribution is 2.27. The minimum absolute atomic E-state index is 0.102. The van der Waals surface area contributed by atoms with Gasteiger partial charge in [-0.15, -0.1) is 0 Å². The van der Waals surface area contributed by atoms with E-state index in [0.717, 1.165) is 20.2 Å². The molecule has 0 aliphatic heterocycles. The van der Waals surface area contributed by atoms with Crippen LogP contribution >= 0.6 is 31.9 Å². The maximum atomic E-state index is 12.3. The maximum Gasteiger partial charge on any atom is 0.229 e. The number of hydrogen-bond acceptors (Lipinski definition) is 2. The van der Waals surface area contributed by atoms with Gasteiger partial charge in [0.2, 0.25) is 5.91 Å². The number of carbonyl (C=O) groups excluding carboxylic acids is 1. The van der Waals surface area contributed by atoms with E-state index in [2.05, 4.69) is 37.2 Å². The third-order valence-electron chi connectivity index (χ3n) is 3.33. The molecule has 0 saturated heterocycles.